The normalized spacial score (nSPS) is 10.7. The maximum Gasteiger partial charge on any atom is 0.261 e. The molecule has 20 heavy (non-hydrogen) atoms. The Morgan fingerprint density at radius 3 is 2.65 bits per heavy atom. The van der Waals surface area contributed by atoms with Crippen LogP contribution in [0.2, 0.25) is 5.02 Å². The fourth-order valence-corrected chi connectivity index (χ4v) is 1.89. The summed E-state index contributed by atoms with van der Waals surface area (Å²) in [4.78, 5) is 16.1. The summed E-state index contributed by atoms with van der Waals surface area (Å²) in [6.07, 6.45) is 1.48. The lowest BCUT2D eigenvalue weighted by Crippen LogP contribution is -2.13. The van der Waals surface area contributed by atoms with Crippen molar-refractivity contribution in [2.75, 3.05) is 0 Å². The number of nitrogens with zero attached hydrogens (tertiary/aromatic N) is 2. The van der Waals surface area contributed by atoms with Crippen molar-refractivity contribution in [3.8, 4) is 11.6 Å². The zero-order valence-corrected chi connectivity index (χ0v) is 10.8. The Morgan fingerprint density at radius 1 is 1.15 bits per heavy atom. The fraction of sp³-hybridized carbons (Fsp3) is 0. The molecule has 2 aromatic heterocycles. The third-order valence-electron chi connectivity index (χ3n) is 2.64. The van der Waals surface area contributed by atoms with Gasteiger partial charge in [0, 0.05) is 6.20 Å². The number of rotatable bonds is 2. The van der Waals surface area contributed by atoms with E-state index in [-0.39, 0.29) is 17.3 Å². The molecular formula is C14H8ClFN2O2. The zero-order valence-electron chi connectivity index (χ0n) is 10.1. The van der Waals surface area contributed by atoms with Crippen molar-refractivity contribution in [3.05, 3.63) is 69.9 Å². The van der Waals surface area contributed by atoms with Crippen molar-refractivity contribution in [3.63, 3.8) is 0 Å². The molecule has 0 bridgehead atoms. The Hall–Kier alpha value is -2.40. The minimum atomic E-state index is -0.362. The summed E-state index contributed by atoms with van der Waals surface area (Å²) in [5, 5.41) is 0.439. The maximum atomic E-state index is 12.8. The number of aromatic nitrogens is 2. The van der Waals surface area contributed by atoms with Crippen LogP contribution in [0, 0.1) is 5.82 Å². The topological polar surface area (TPSA) is 43.6 Å². The second-order valence-electron chi connectivity index (χ2n) is 4.06. The molecule has 0 saturated carbocycles. The molecule has 2 heterocycles. The van der Waals surface area contributed by atoms with Gasteiger partial charge in [-0.05, 0) is 36.4 Å². The molecule has 100 valence electrons. The molecular weight excluding hydrogens is 283 g/mol. The molecule has 3 aromatic rings. The summed E-state index contributed by atoms with van der Waals surface area (Å²) < 4.78 is 19.5. The average molecular weight is 291 g/mol. The molecule has 0 fully saturated rings. The lowest BCUT2D eigenvalue weighted by molar-refractivity contribution is 0.460. The summed E-state index contributed by atoms with van der Waals surface area (Å²) in [6.45, 7) is 0. The van der Waals surface area contributed by atoms with Gasteiger partial charge in [-0.1, -0.05) is 11.6 Å². The molecule has 0 spiro atoms. The van der Waals surface area contributed by atoms with Crippen molar-refractivity contribution < 1.29 is 9.13 Å². The van der Waals surface area contributed by atoms with Crippen LogP contribution in [-0.4, -0.2) is 9.38 Å². The summed E-state index contributed by atoms with van der Waals surface area (Å²) in [7, 11) is 0. The van der Waals surface area contributed by atoms with E-state index >= 15 is 0 Å². The van der Waals surface area contributed by atoms with Crippen LogP contribution in [0.25, 0.3) is 5.65 Å². The second-order valence-corrected chi connectivity index (χ2v) is 4.50. The fourth-order valence-electron chi connectivity index (χ4n) is 1.73. The molecule has 0 aliphatic rings. The molecule has 4 nitrogen and oxygen atoms in total. The van der Waals surface area contributed by atoms with Gasteiger partial charge in [-0.25, -0.2) is 4.39 Å². The van der Waals surface area contributed by atoms with Crippen molar-refractivity contribution in [2.45, 2.75) is 0 Å². The highest BCUT2D eigenvalue weighted by atomic mass is 35.5. The zero-order chi connectivity index (χ0) is 14.1. The quantitative estimate of drug-likeness (QED) is 0.727. The van der Waals surface area contributed by atoms with Crippen LogP contribution in [0.15, 0.2) is 53.5 Å². The Morgan fingerprint density at radius 2 is 1.90 bits per heavy atom. The average Bonchev–Trinajstić information content (AvgIpc) is 2.42. The molecule has 0 radical (unpaired) electrons. The summed E-state index contributed by atoms with van der Waals surface area (Å²) >= 11 is 5.82. The highest BCUT2D eigenvalue weighted by Crippen LogP contribution is 2.19. The SMILES string of the molecule is O=c1cc(Oc2ccc(F)cc2)nc2ccc(Cl)cn12. The lowest BCUT2D eigenvalue weighted by atomic mass is 10.3. The van der Waals surface area contributed by atoms with E-state index in [9.17, 15) is 9.18 Å². The van der Waals surface area contributed by atoms with Gasteiger partial charge in [-0.15, -0.1) is 0 Å². The van der Waals surface area contributed by atoms with Crippen molar-refractivity contribution in [2.24, 2.45) is 0 Å². The number of hydrogen-bond acceptors (Lipinski definition) is 3. The van der Waals surface area contributed by atoms with Crippen molar-refractivity contribution >= 4 is 17.2 Å². The molecule has 0 aliphatic carbocycles. The van der Waals surface area contributed by atoms with Gasteiger partial charge in [-0.3, -0.25) is 9.20 Å². The van der Waals surface area contributed by atoms with Gasteiger partial charge in [0.25, 0.3) is 5.56 Å². The van der Waals surface area contributed by atoms with Gasteiger partial charge < -0.3 is 4.74 Å². The van der Waals surface area contributed by atoms with Gasteiger partial charge in [0.1, 0.15) is 17.2 Å². The molecule has 0 atom stereocenters. The van der Waals surface area contributed by atoms with E-state index in [0.29, 0.717) is 16.4 Å². The van der Waals surface area contributed by atoms with Crippen LogP contribution in [0.4, 0.5) is 4.39 Å². The molecule has 6 heteroatoms. The Bertz CT molecular complexity index is 831. The van der Waals surface area contributed by atoms with Crippen molar-refractivity contribution in [1.82, 2.24) is 9.38 Å². The van der Waals surface area contributed by atoms with E-state index in [2.05, 4.69) is 4.98 Å². The Labute approximate surface area is 118 Å². The van der Waals surface area contributed by atoms with E-state index < -0.39 is 0 Å². The minimum absolute atomic E-state index is 0.143. The monoisotopic (exact) mass is 290 g/mol. The number of ether oxygens (including phenoxy) is 1. The Balaban J connectivity index is 2.02. The van der Waals surface area contributed by atoms with E-state index in [0.717, 1.165) is 0 Å². The summed E-state index contributed by atoms with van der Waals surface area (Å²) in [5.41, 5.74) is 0.105. The largest absolute Gasteiger partial charge is 0.439 e. The van der Waals surface area contributed by atoms with Gasteiger partial charge in [0.05, 0.1) is 11.1 Å². The van der Waals surface area contributed by atoms with E-state index in [1.807, 2.05) is 0 Å². The van der Waals surface area contributed by atoms with Gasteiger partial charge in [0.2, 0.25) is 5.88 Å². The van der Waals surface area contributed by atoms with E-state index in [1.165, 1.54) is 40.9 Å². The van der Waals surface area contributed by atoms with E-state index in [1.54, 1.807) is 12.1 Å². The molecule has 0 unspecified atom stereocenters. The Kier molecular flexibility index (Phi) is 3.12. The van der Waals surface area contributed by atoms with Gasteiger partial charge in [0.15, 0.2) is 0 Å². The predicted octanol–water partition coefficient (Wildman–Crippen LogP) is 3.28. The van der Waals surface area contributed by atoms with E-state index in [4.69, 9.17) is 16.3 Å². The molecule has 1 aromatic carbocycles. The molecule has 0 N–H and O–H groups in total. The number of fused-ring (bicyclic) bond motifs is 1. The third kappa shape index (κ3) is 2.48. The standard InChI is InChI=1S/C14H8ClFN2O2/c15-9-1-6-12-17-13(7-14(19)18(12)8-9)20-11-4-2-10(16)3-5-11/h1-8H. The first kappa shape index (κ1) is 12.6. The van der Waals surface area contributed by atoms with Crippen LogP contribution in [-0.2, 0) is 0 Å². The first-order valence-electron chi connectivity index (χ1n) is 5.74. The van der Waals surface area contributed by atoms with Crippen LogP contribution >= 0.6 is 11.6 Å². The van der Waals surface area contributed by atoms with Crippen LogP contribution in [0.5, 0.6) is 11.6 Å². The first-order chi connectivity index (χ1) is 9.61. The lowest BCUT2D eigenvalue weighted by Gasteiger charge is -2.06. The number of hydrogen-bond donors (Lipinski definition) is 0. The predicted molar refractivity (Wildman–Crippen MR) is 72.9 cm³/mol. The summed E-state index contributed by atoms with van der Waals surface area (Å²) in [5.74, 6) is 0.180. The molecule has 0 amide bonds. The number of pyridine rings is 1. The number of benzene rings is 1. The second kappa shape index (κ2) is 4.94. The number of halogens is 2. The minimum Gasteiger partial charge on any atom is -0.439 e. The molecule has 0 aliphatic heterocycles. The maximum absolute atomic E-state index is 12.8. The van der Waals surface area contributed by atoms with Gasteiger partial charge >= 0.3 is 0 Å². The summed E-state index contributed by atoms with van der Waals surface area (Å²) in [6, 6.07) is 9.94. The smallest absolute Gasteiger partial charge is 0.261 e. The molecule has 0 saturated heterocycles. The van der Waals surface area contributed by atoms with Crippen LogP contribution < -0.4 is 10.3 Å². The van der Waals surface area contributed by atoms with Crippen molar-refractivity contribution in [1.29, 1.82) is 0 Å². The highest BCUT2D eigenvalue weighted by Gasteiger charge is 2.05. The highest BCUT2D eigenvalue weighted by molar-refractivity contribution is 6.30. The molecule has 3 rings (SSSR count). The van der Waals surface area contributed by atoms with Crippen LogP contribution in [0.1, 0.15) is 0 Å². The van der Waals surface area contributed by atoms with Crippen LogP contribution in [0.3, 0.4) is 0 Å². The van der Waals surface area contributed by atoms with Gasteiger partial charge in [-0.2, -0.15) is 4.98 Å². The third-order valence-corrected chi connectivity index (χ3v) is 2.86. The first-order valence-corrected chi connectivity index (χ1v) is 6.12.